The highest BCUT2D eigenvalue weighted by atomic mass is 19.4. The molecule has 2 N–H and O–H groups in total. The SMILES string of the molecule is O=C(Cc1ccc(F)cc1)Nc1ccc(Nc2ccc(C(F)(F)F)cc2)cn1. The first-order chi connectivity index (χ1) is 13.3. The van der Waals surface area contributed by atoms with E-state index >= 15 is 0 Å². The van der Waals surface area contributed by atoms with Crippen LogP contribution in [0.4, 0.5) is 34.8 Å². The Morgan fingerprint density at radius 2 is 1.54 bits per heavy atom. The third kappa shape index (κ3) is 5.29. The number of benzene rings is 2. The van der Waals surface area contributed by atoms with Gasteiger partial charge in [-0.05, 0) is 54.1 Å². The molecule has 144 valence electrons. The molecule has 0 atom stereocenters. The first-order valence-electron chi connectivity index (χ1n) is 8.24. The molecule has 0 aliphatic carbocycles. The number of pyridine rings is 1. The number of alkyl halides is 3. The van der Waals surface area contributed by atoms with Gasteiger partial charge in [-0.15, -0.1) is 0 Å². The molecule has 28 heavy (non-hydrogen) atoms. The molecule has 0 radical (unpaired) electrons. The quantitative estimate of drug-likeness (QED) is 0.593. The largest absolute Gasteiger partial charge is 0.416 e. The summed E-state index contributed by atoms with van der Waals surface area (Å²) in [6.07, 6.45) is -2.85. The number of hydrogen-bond acceptors (Lipinski definition) is 3. The number of rotatable bonds is 5. The summed E-state index contributed by atoms with van der Waals surface area (Å²) in [6.45, 7) is 0. The molecule has 2 aromatic carbocycles. The van der Waals surface area contributed by atoms with Gasteiger partial charge in [0, 0.05) is 5.69 Å². The first-order valence-corrected chi connectivity index (χ1v) is 8.24. The van der Waals surface area contributed by atoms with E-state index in [-0.39, 0.29) is 18.1 Å². The lowest BCUT2D eigenvalue weighted by atomic mass is 10.1. The van der Waals surface area contributed by atoms with Crippen molar-refractivity contribution in [3.8, 4) is 0 Å². The van der Waals surface area contributed by atoms with E-state index in [0.717, 1.165) is 12.1 Å². The van der Waals surface area contributed by atoms with Gasteiger partial charge in [-0.3, -0.25) is 4.79 Å². The van der Waals surface area contributed by atoms with Gasteiger partial charge in [-0.2, -0.15) is 13.2 Å². The lowest BCUT2D eigenvalue weighted by Crippen LogP contribution is -2.15. The molecular formula is C20H15F4N3O. The van der Waals surface area contributed by atoms with Crippen molar-refractivity contribution in [1.29, 1.82) is 0 Å². The molecule has 0 unspecified atom stereocenters. The van der Waals surface area contributed by atoms with Crippen LogP contribution in [-0.4, -0.2) is 10.9 Å². The number of nitrogens with one attached hydrogen (secondary N) is 2. The lowest BCUT2D eigenvalue weighted by Gasteiger charge is -2.10. The van der Waals surface area contributed by atoms with Crippen molar-refractivity contribution in [1.82, 2.24) is 4.98 Å². The summed E-state index contributed by atoms with van der Waals surface area (Å²) in [7, 11) is 0. The van der Waals surface area contributed by atoms with Gasteiger partial charge in [0.05, 0.1) is 23.9 Å². The molecule has 3 rings (SSSR count). The maximum Gasteiger partial charge on any atom is 0.416 e. The second-order valence-electron chi connectivity index (χ2n) is 5.98. The van der Waals surface area contributed by atoms with Crippen LogP contribution < -0.4 is 10.6 Å². The van der Waals surface area contributed by atoms with Crippen molar-refractivity contribution in [2.24, 2.45) is 0 Å². The molecule has 0 saturated heterocycles. The molecule has 1 aromatic heterocycles. The van der Waals surface area contributed by atoms with Gasteiger partial charge in [0.2, 0.25) is 5.91 Å². The van der Waals surface area contributed by atoms with E-state index in [9.17, 15) is 22.4 Å². The van der Waals surface area contributed by atoms with Crippen LogP contribution in [0.5, 0.6) is 0 Å². The van der Waals surface area contributed by atoms with Gasteiger partial charge < -0.3 is 10.6 Å². The molecule has 1 amide bonds. The van der Waals surface area contributed by atoms with Crippen LogP contribution in [0.2, 0.25) is 0 Å². The number of aromatic nitrogens is 1. The van der Waals surface area contributed by atoms with Gasteiger partial charge in [-0.25, -0.2) is 9.37 Å². The van der Waals surface area contributed by atoms with E-state index < -0.39 is 11.7 Å². The second kappa shape index (κ2) is 8.08. The third-order valence-electron chi connectivity index (χ3n) is 3.81. The Kier molecular flexibility index (Phi) is 5.58. The van der Waals surface area contributed by atoms with Crippen LogP contribution in [0.15, 0.2) is 66.9 Å². The molecule has 0 aliphatic heterocycles. The molecule has 0 spiro atoms. The van der Waals surface area contributed by atoms with Gasteiger partial charge >= 0.3 is 6.18 Å². The van der Waals surface area contributed by atoms with E-state index in [1.54, 1.807) is 12.1 Å². The Hall–Kier alpha value is -3.42. The highest BCUT2D eigenvalue weighted by Crippen LogP contribution is 2.30. The number of anilines is 3. The second-order valence-corrected chi connectivity index (χ2v) is 5.98. The van der Waals surface area contributed by atoms with Crippen LogP contribution in [0.3, 0.4) is 0 Å². The van der Waals surface area contributed by atoms with Crippen LogP contribution in [0.25, 0.3) is 0 Å². The minimum Gasteiger partial charge on any atom is -0.354 e. The zero-order valence-electron chi connectivity index (χ0n) is 14.4. The van der Waals surface area contributed by atoms with Gasteiger partial charge in [0.25, 0.3) is 0 Å². The standard InChI is InChI=1S/C20H15F4N3O/c21-15-5-1-13(2-6-15)11-19(28)27-18-10-9-17(12-25-18)26-16-7-3-14(4-8-16)20(22,23)24/h1-10,12,26H,11H2,(H,25,27,28). The van der Waals surface area contributed by atoms with Crippen LogP contribution in [0.1, 0.15) is 11.1 Å². The van der Waals surface area contributed by atoms with E-state index in [1.807, 2.05) is 0 Å². The van der Waals surface area contributed by atoms with Crippen molar-refractivity contribution >= 4 is 23.1 Å². The highest BCUT2D eigenvalue weighted by Gasteiger charge is 2.29. The van der Waals surface area contributed by atoms with Crippen molar-refractivity contribution in [2.75, 3.05) is 10.6 Å². The summed E-state index contributed by atoms with van der Waals surface area (Å²) in [4.78, 5) is 16.1. The Bertz CT molecular complexity index is 937. The number of carbonyl (C=O) groups is 1. The van der Waals surface area contributed by atoms with Gasteiger partial charge in [-0.1, -0.05) is 12.1 Å². The maximum atomic E-state index is 12.9. The Morgan fingerprint density at radius 3 is 2.11 bits per heavy atom. The molecule has 1 heterocycles. The summed E-state index contributed by atoms with van der Waals surface area (Å²) in [5.74, 6) is -0.352. The Labute approximate surface area is 158 Å². The molecule has 0 aliphatic rings. The van der Waals surface area contributed by atoms with Crippen molar-refractivity contribution in [2.45, 2.75) is 12.6 Å². The van der Waals surface area contributed by atoms with Crippen LogP contribution in [0, 0.1) is 5.82 Å². The summed E-state index contributed by atoms with van der Waals surface area (Å²) < 4.78 is 50.6. The summed E-state index contributed by atoms with van der Waals surface area (Å²) in [5.41, 5.74) is 0.967. The van der Waals surface area contributed by atoms with Gasteiger partial charge in [0.15, 0.2) is 0 Å². The molecule has 0 bridgehead atoms. The maximum absolute atomic E-state index is 12.9. The highest BCUT2D eigenvalue weighted by molar-refractivity contribution is 5.91. The monoisotopic (exact) mass is 389 g/mol. The predicted molar refractivity (Wildman–Crippen MR) is 97.7 cm³/mol. The number of amides is 1. The van der Waals surface area contributed by atoms with E-state index in [2.05, 4.69) is 15.6 Å². The fourth-order valence-electron chi connectivity index (χ4n) is 2.43. The average molecular weight is 389 g/mol. The summed E-state index contributed by atoms with van der Waals surface area (Å²) >= 11 is 0. The molecule has 3 aromatic rings. The van der Waals surface area contributed by atoms with Crippen molar-refractivity contribution < 1.29 is 22.4 Å². The normalized spacial score (nSPS) is 11.1. The topological polar surface area (TPSA) is 54.0 Å². The van der Waals surface area contributed by atoms with Crippen LogP contribution in [-0.2, 0) is 17.4 Å². The van der Waals surface area contributed by atoms with E-state index in [4.69, 9.17) is 0 Å². The minimum atomic E-state index is -4.38. The van der Waals surface area contributed by atoms with E-state index in [1.165, 1.54) is 42.6 Å². The number of nitrogens with zero attached hydrogens (tertiary/aromatic N) is 1. The predicted octanol–water partition coefficient (Wildman–Crippen LogP) is 5.16. The number of halogens is 4. The Balaban J connectivity index is 1.57. The minimum absolute atomic E-state index is 0.0769. The zero-order valence-corrected chi connectivity index (χ0v) is 14.4. The summed E-state index contributed by atoms with van der Waals surface area (Å²) in [6, 6.07) is 13.4. The van der Waals surface area contributed by atoms with Crippen LogP contribution >= 0.6 is 0 Å². The average Bonchev–Trinajstić information content (AvgIpc) is 2.65. The molecule has 4 nitrogen and oxygen atoms in total. The van der Waals surface area contributed by atoms with Crippen molar-refractivity contribution in [3.63, 3.8) is 0 Å². The molecular weight excluding hydrogens is 374 g/mol. The number of hydrogen-bond donors (Lipinski definition) is 2. The Morgan fingerprint density at radius 1 is 0.893 bits per heavy atom. The third-order valence-corrected chi connectivity index (χ3v) is 3.81. The lowest BCUT2D eigenvalue weighted by molar-refractivity contribution is -0.137. The smallest absolute Gasteiger partial charge is 0.354 e. The number of carbonyl (C=O) groups excluding carboxylic acids is 1. The van der Waals surface area contributed by atoms with E-state index in [0.29, 0.717) is 22.8 Å². The molecule has 0 saturated carbocycles. The first kappa shape index (κ1) is 19.3. The van der Waals surface area contributed by atoms with Gasteiger partial charge in [0.1, 0.15) is 11.6 Å². The fraction of sp³-hybridized carbons (Fsp3) is 0.100. The molecule has 8 heteroatoms. The fourth-order valence-corrected chi connectivity index (χ4v) is 2.43. The summed E-state index contributed by atoms with van der Waals surface area (Å²) in [5, 5.41) is 5.55. The zero-order chi connectivity index (χ0) is 20.1. The molecule has 0 fully saturated rings. The van der Waals surface area contributed by atoms with Crippen molar-refractivity contribution in [3.05, 3.63) is 83.8 Å².